The normalized spacial score (nSPS) is 12.2. The first-order valence-electron chi connectivity index (χ1n) is 6.72. The van der Waals surface area contributed by atoms with E-state index in [1.807, 2.05) is 0 Å². The summed E-state index contributed by atoms with van der Waals surface area (Å²) in [6.45, 7) is 8.71. The van der Waals surface area contributed by atoms with Crippen LogP contribution in [0.5, 0.6) is 5.88 Å². The molecule has 1 aromatic rings. The fourth-order valence-corrected chi connectivity index (χ4v) is 2.00. The number of nitrogens with two attached hydrogens (primary N) is 1. The summed E-state index contributed by atoms with van der Waals surface area (Å²) in [5.41, 5.74) is 5.75. The molecule has 0 fully saturated rings. The highest BCUT2D eigenvalue weighted by Gasteiger charge is 2.17. The number of ether oxygens (including phenoxy) is 1. The average molecular weight is 281 g/mol. The molecule has 0 bridgehead atoms. The van der Waals surface area contributed by atoms with Crippen molar-refractivity contribution in [3.05, 3.63) is 11.8 Å². The third-order valence-corrected chi connectivity index (χ3v) is 3.20. The molecule has 20 heavy (non-hydrogen) atoms. The fourth-order valence-electron chi connectivity index (χ4n) is 2.00. The summed E-state index contributed by atoms with van der Waals surface area (Å²) < 4.78 is 5.04. The number of methoxy groups -OCH3 is 1. The number of likely N-dealkylation sites (N-methyl/N-ethyl adjacent to an activating group) is 1. The SMILES string of the molecule is CCN(CC)[C@@H](C)CNC(=O)c1cnc(N)nc1OC. The van der Waals surface area contributed by atoms with E-state index >= 15 is 0 Å². The fraction of sp³-hybridized carbons (Fsp3) is 0.615. The third kappa shape index (κ3) is 4.06. The second-order valence-electron chi connectivity index (χ2n) is 4.43. The first kappa shape index (κ1) is 16.2. The van der Waals surface area contributed by atoms with Crippen LogP contribution in [-0.2, 0) is 0 Å². The second kappa shape index (κ2) is 7.64. The highest BCUT2D eigenvalue weighted by atomic mass is 16.5. The summed E-state index contributed by atoms with van der Waals surface area (Å²) in [5.74, 6) is 0.00116. The van der Waals surface area contributed by atoms with Gasteiger partial charge in [0.25, 0.3) is 5.91 Å². The number of carbonyl (C=O) groups excluding carboxylic acids is 1. The molecule has 112 valence electrons. The highest BCUT2D eigenvalue weighted by molar-refractivity contribution is 5.96. The summed E-state index contributed by atoms with van der Waals surface area (Å²) in [6.07, 6.45) is 1.37. The van der Waals surface area contributed by atoms with Crippen LogP contribution in [-0.4, -0.2) is 53.6 Å². The van der Waals surface area contributed by atoms with Gasteiger partial charge in [0.2, 0.25) is 11.8 Å². The Morgan fingerprint density at radius 1 is 1.50 bits per heavy atom. The number of hydrogen-bond donors (Lipinski definition) is 2. The van der Waals surface area contributed by atoms with Gasteiger partial charge in [0, 0.05) is 18.8 Å². The zero-order valence-electron chi connectivity index (χ0n) is 12.5. The number of nitrogens with zero attached hydrogens (tertiary/aromatic N) is 3. The van der Waals surface area contributed by atoms with Gasteiger partial charge in [-0.2, -0.15) is 4.98 Å². The van der Waals surface area contributed by atoms with Crippen LogP contribution in [0.2, 0.25) is 0 Å². The van der Waals surface area contributed by atoms with Gasteiger partial charge in [0.05, 0.1) is 7.11 Å². The molecule has 7 nitrogen and oxygen atoms in total. The van der Waals surface area contributed by atoms with Gasteiger partial charge < -0.3 is 15.8 Å². The van der Waals surface area contributed by atoms with E-state index in [-0.39, 0.29) is 29.3 Å². The largest absolute Gasteiger partial charge is 0.480 e. The topological polar surface area (TPSA) is 93.4 Å². The molecule has 0 saturated heterocycles. The van der Waals surface area contributed by atoms with E-state index < -0.39 is 0 Å². The predicted molar refractivity (Wildman–Crippen MR) is 77.7 cm³/mol. The number of nitrogen functional groups attached to an aromatic ring is 1. The molecule has 0 aliphatic rings. The van der Waals surface area contributed by atoms with Crippen LogP contribution in [0, 0.1) is 0 Å². The molecule has 1 aromatic heterocycles. The first-order valence-corrected chi connectivity index (χ1v) is 6.72. The van der Waals surface area contributed by atoms with Crippen LogP contribution < -0.4 is 15.8 Å². The van der Waals surface area contributed by atoms with Gasteiger partial charge in [0.1, 0.15) is 5.56 Å². The van der Waals surface area contributed by atoms with Crippen LogP contribution in [0.15, 0.2) is 6.20 Å². The van der Waals surface area contributed by atoms with Crippen LogP contribution in [0.25, 0.3) is 0 Å². The van der Waals surface area contributed by atoms with E-state index in [9.17, 15) is 4.79 Å². The predicted octanol–water partition coefficient (Wildman–Crippen LogP) is 0.528. The molecule has 0 radical (unpaired) electrons. The van der Waals surface area contributed by atoms with Crippen molar-refractivity contribution in [2.75, 3.05) is 32.5 Å². The van der Waals surface area contributed by atoms with Crippen molar-refractivity contribution < 1.29 is 9.53 Å². The molecular formula is C13H23N5O2. The molecular weight excluding hydrogens is 258 g/mol. The Morgan fingerprint density at radius 3 is 2.70 bits per heavy atom. The Hall–Kier alpha value is -1.89. The quantitative estimate of drug-likeness (QED) is 0.757. The summed E-state index contributed by atoms with van der Waals surface area (Å²) in [5, 5.41) is 2.86. The Bertz CT molecular complexity index is 448. The van der Waals surface area contributed by atoms with E-state index in [1.165, 1.54) is 13.3 Å². The molecule has 3 N–H and O–H groups in total. The van der Waals surface area contributed by atoms with Gasteiger partial charge in [-0.05, 0) is 20.0 Å². The first-order chi connectivity index (χ1) is 9.53. The van der Waals surface area contributed by atoms with Crippen LogP contribution >= 0.6 is 0 Å². The summed E-state index contributed by atoms with van der Waals surface area (Å²) in [4.78, 5) is 22.1. The average Bonchev–Trinajstić information content (AvgIpc) is 2.45. The molecule has 7 heteroatoms. The number of aromatic nitrogens is 2. The minimum absolute atomic E-state index is 0.0786. The van der Waals surface area contributed by atoms with Crippen molar-refractivity contribution in [3.63, 3.8) is 0 Å². The Kier molecular flexibility index (Phi) is 6.17. The van der Waals surface area contributed by atoms with E-state index in [0.717, 1.165) is 13.1 Å². The van der Waals surface area contributed by atoms with Gasteiger partial charge in [0.15, 0.2) is 0 Å². The minimum Gasteiger partial charge on any atom is -0.480 e. The number of hydrogen-bond acceptors (Lipinski definition) is 6. The lowest BCUT2D eigenvalue weighted by atomic mass is 10.2. The van der Waals surface area contributed by atoms with Crippen molar-refractivity contribution in [1.82, 2.24) is 20.2 Å². The number of nitrogens with one attached hydrogen (secondary N) is 1. The van der Waals surface area contributed by atoms with Crippen molar-refractivity contribution in [2.24, 2.45) is 0 Å². The molecule has 1 atom stereocenters. The lowest BCUT2D eigenvalue weighted by Gasteiger charge is -2.26. The van der Waals surface area contributed by atoms with Crippen molar-refractivity contribution in [2.45, 2.75) is 26.8 Å². The van der Waals surface area contributed by atoms with Crippen LogP contribution in [0.4, 0.5) is 5.95 Å². The monoisotopic (exact) mass is 281 g/mol. The lowest BCUT2D eigenvalue weighted by molar-refractivity contribution is 0.0934. The van der Waals surface area contributed by atoms with Gasteiger partial charge in [-0.25, -0.2) is 4.98 Å². The van der Waals surface area contributed by atoms with Crippen molar-refractivity contribution in [1.29, 1.82) is 0 Å². The molecule has 0 aliphatic heterocycles. The molecule has 0 saturated carbocycles. The molecule has 0 unspecified atom stereocenters. The van der Waals surface area contributed by atoms with Crippen LogP contribution in [0.1, 0.15) is 31.1 Å². The molecule has 1 heterocycles. The molecule has 0 aliphatic carbocycles. The Balaban J connectivity index is 2.68. The van der Waals surface area contributed by atoms with Gasteiger partial charge >= 0.3 is 0 Å². The lowest BCUT2D eigenvalue weighted by Crippen LogP contribution is -2.42. The third-order valence-electron chi connectivity index (χ3n) is 3.20. The maximum atomic E-state index is 12.1. The smallest absolute Gasteiger partial charge is 0.258 e. The summed E-state index contributed by atoms with van der Waals surface area (Å²) in [6, 6.07) is 0.259. The molecule has 0 spiro atoms. The molecule has 1 amide bonds. The van der Waals surface area contributed by atoms with Crippen molar-refractivity contribution >= 4 is 11.9 Å². The number of amides is 1. The Morgan fingerprint density at radius 2 is 2.15 bits per heavy atom. The maximum Gasteiger partial charge on any atom is 0.258 e. The van der Waals surface area contributed by atoms with E-state index in [2.05, 4.69) is 41.0 Å². The van der Waals surface area contributed by atoms with E-state index in [4.69, 9.17) is 10.5 Å². The Labute approximate surface area is 119 Å². The summed E-state index contributed by atoms with van der Waals surface area (Å²) >= 11 is 0. The van der Waals surface area contributed by atoms with Gasteiger partial charge in [-0.3, -0.25) is 9.69 Å². The van der Waals surface area contributed by atoms with Crippen molar-refractivity contribution in [3.8, 4) is 5.88 Å². The summed E-state index contributed by atoms with van der Waals surface area (Å²) in [7, 11) is 1.44. The molecule has 1 rings (SSSR count). The highest BCUT2D eigenvalue weighted by Crippen LogP contribution is 2.14. The van der Waals surface area contributed by atoms with E-state index in [1.54, 1.807) is 0 Å². The molecule has 0 aromatic carbocycles. The van der Waals surface area contributed by atoms with Gasteiger partial charge in [-0.15, -0.1) is 0 Å². The second-order valence-corrected chi connectivity index (χ2v) is 4.43. The van der Waals surface area contributed by atoms with E-state index in [0.29, 0.717) is 6.54 Å². The van der Waals surface area contributed by atoms with Crippen LogP contribution in [0.3, 0.4) is 0 Å². The zero-order chi connectivity index (χ0) is 15.1. The standard InChI is InChI=1S/C13H23N5O2/c1-5-18(6-2)9(3)7-15-11(19)10-8-16-13(14)17-12(10)20-4/h8-9H,5-7H2,1-4H3,(H,15,19)(H2,14,16,17)/t9-/m0/s1. The maximum absolute atomic E-state index is 12.1. The minimum atomic E-state index is -0.263. The number of rotatable bonds is 7. The zero-order valence-corrected chi connectivity index (χ0v) is 12.5. The van der Waals surface area contributed by atoms with Gasteiger partial charge in [-0.1, -0.05) is 13.8 Å². The number of carbonyl (C=O) groups is 1. The number of anilines is 1.